The summed E-state index contributed by atoms with van der Waals surface area (Å²) < 4.78 is 6.16. The number of likely N-dealkylation sites (tertiary alicyclic amines) is 1. The standard InChI is InChI=1S/C18H24N2O4S/c21-16(13-3-1-2-7-19-13)20-8-5-18(6-9-20)15-12(4-10-24-18)11-14(25-15)17(22)23/h11,13,19H,1-10H2,(H,22,23)/t13-/m1/s1. The second-order valence-electron chi connectivity index (χ2n) is 7.19. The normalized spacial score (nSPS) is 25.6. The predicted molar refractivity (Wildman–Crippen MR) is 94.1 cm³/mol. The molecule has 1 amide bonds. The monoisotopic (exact) mass is 364 g/mol. The number of carboxylic acids is 1. The Morgan fingerprint density at radius 1 is 1.32 bits per heavy atom. The molecule has 1 atom stereocenters. The SMILES string of the molecule is O=C(O)c1cc2c(s1)C1(CCN(C(=O)[C@H]3CCCCN3)CC1)OCC2. The molecule has 0 aromatic carbocycles. The van der Waals surface area contributed by atoms with Crippen LogP contribution in [0.3, 0.4) is 0 Å². The van der Waals surface area contributed by atoms with Crippen molar-refractivity contribution in [2.24, 2.45) is 0 Å². The van der Waals surface area contributed by atoms with Gasteiger partial charge in [0.15, 0.2) is 0 Å². The predicted octanol–water partition coefficient (Wildman–Crippen LogP) is 1.98. The summed E-state index contributed by atoms with van der Waals surface area (Å²) in [6.07, 6.45) is 5.45. The number of amides is 1. The van der Waals surface area contributed by atoms with Crippen molar-refractivity contribution in [3.63, 3.8) is 0 Å². The first-order chi connectivity index (χ1) is 12.1. The van der Waals surface area contributed by atoms with Gasteiger partial charge < -0.3 is 20.1 Å². The third kappa shape index (κ3) is 3.09. The third-order valence-corrected chi connectivity index (χ3v) is 7.03. The van der Waals surface area contributed by atoms with Crippen molar-refractivity contribution in [2.75, 3.05) is 26.2 Å². The molecule has 3 aliphatic heterocycles. The first kappa shape index (κ1) is 17.0. The topological polar surface area (TPSA) is 78.9 Å². The Kier molecular flexibility index (Phi) is 4.56. The fourth-order valence-corrected chi connectivity index (χ4v) is 5.52. The quantitative estimate of drug-likeness (QED) is 0.839. The lowest BCUT2D eigenvalue weighted by atomic mass is 9.85. The minimum absolute atomic E-state index is 0.0361. The van der Waals surface area contributed by atoms with Crippen LogP contribution in [0.2, 0.25) is 0 Å². The van der Waals surface area contributed by atoms with Crippen molar-refractivity contribution < 1.29 is 19.4 Å². The minimum atomic E-state index is -0.870. The lowest BCUT2D eigenvalue weighted by Crippen LogP contribution is -2.53. The van der Waals surface area contributed by atoms with E-state index in [1.807, 2.05) is 4.90 Å². The van der Waals surface area contributed by atoms with Gasteiger partial charge in [-0.05, 0) is 50.3 Å². The van der Waals surface area contributed by atoms with Crippen LogP contribution in [-0.4, -0.2) is 54.2 Å². The number of hydrogen-bond donors (Lipinski definition) is 2. The van der Waals surface area contributed by atoms with E-state index in [1.54, 1.807) is 6.07 Å². The number of aromatic carboxylic acids is 1. The van der Waals surface area contributed by atoms with Crippen molar-refractivity contribution in [2.45, 2.75) is 50.2 Å². The molecule has 0 aliphatic carbocycles. The zero-order valence-corrected chi connectivity index (χ0v) is 15.1. The number of rotatable bonds is 2. The Morgan fingerprint density at radius 2 is 2.12 bits per heavy atom. The minimum Gasteiger partial charge on any atom is -0.477 e. The summed E-state index contributed by atoms with van der Waals surface area (Å²) in [5, 5.41) is 12.6. The number of carbonyl (C=O) groups excluding carboxylic acids is 1. The largest absolute Gasteiger partial charge is 0.477 e. The summed E-state index contributed by atoms with van der Waals surface area (Å²) in [5.74, 6) is -0.659. The number of nitrogens with zero attached hydrogens (tertiary/aromatic N) is 1. The molecule has 2 fully saturated rings. The van der Waals surface area contributed by atoms with E-state index in [-0.39, 0.29) is 11.9 Å². The van der Waals surface area contributed by atoms with Gasteiger partial charge in [0.1, 0.15) is 10.5 Å². The highest BCUT2D eigenvalue weighted by atomic mass is 32.1. The molecule has 1 spiro atoms. The molecule has 1 aromatic heterocycles. The fraction of sp³-hybridized carbons (Fsp3) is 0.667. The van der Waals surface area contributed by atoms with E-state index in [2.05, 4.69) is 5.32 Å². The number of carbonyl (C=O) groups is 2. The van der Waals surface area contributed by atoms with Crippen LogP contribution in [0.5, 0.6) is 0 Å². The second kappa shape index (κ2) is 6.70. The van der Waals surface area contributed by atoms with Gasteiger partial charge in [0.25, 0.3) is 0 Å². The summed E-state index contributed by atoms with van der Waals surface area (Å²) in [4.78, 5) is 27.4. The first-order valence-electron chi connectivity index (χ1n) is 9.12. The number of piperidine rings is 2. The summed E-state index contributed by atoms with van der Waals surface area (Å²) >= 11 is 1.35. The van der Waals surface area contributed by atoms with E-state index in [4.69, 9.17) is 4.74 Å². The molecule has 3 aliphatic rings. The highest BCUT2D eigenvalue weighted by Crippen LogP contribution is 2.45. The molecule has 4 heterocycles. The first-order valence-corrected chi connectivity index (χ1v) is 9.93. The molecular formula is C18H24N2O4S. The maximum atomic E-state index is 12.7. The summed E-state index contributed by atoms with van der Waals surface area (Å²) in [5.41, 5.74) is 0.713. The van der Waals surface area contributed by atoms with Gasteiger partial charge in [-0.15, -0.1) is 11.3 Å². The highest BCUT2D eigenvalue weighted by molar-refractivity contribution is 7.14. The van der Waals surface area contributed by atoms with Gasteiger partial charge in [-0.2, -0.15) is 0 Å². The molecule has 136 valence electrons. The lowest BCUT2D eigenvalue weighted by Gasteiger charge is -2.44. The zero-order chi connectivity index (χ0) is 17.4. The number of fused-ring (bicyclic) bond motifs is 2. The van der Waals surface area contributed by atoms with Gasteiger partial charge in [0.05, 0.1) is 12.6 Å². The Morgan fingerprint density at radius 3 is 2.80 bits per heavy atom. The van der Waals surface area contributed by atoms with Gasteiger partial charge in [0, 0.05) is 18.0 Å². The highest BCUT2D eigenvalue weighted by Gasteiger charge is 2.44. The third-order valence-electron chi connectivity index (χ3n) is 5.67. The molecule has 6 nitrogen and oxygen atoms in total. The van der Waals surface area contributed by atoms with Crippen LogP contribution in [-0.2, 0) is 21.6 Å². The van der Waals surface area contributed by atoms with Gasteiger partial charge in [-0.1, -0.05) is 6.42 Å². The van der Waals surface area contributed by atoms with Crippen molar-refractivity contribution in [3.05, 3.63) is 21.4 Å². The Balaban J connectivity index is 1.48. The molecule has 2 N–H and O–H groups in total. The van der Waals surface area contributed by atoms with Crippen LogP contribution in [0.1, 0.15) is 52.2 Å². The van der Waals surface area contributed by atoms with E-state index in [0.29, 0.717) is 24.6 Å². The maximum Gasteiger partial charge on any atom is 0.345 e. The van der Waals surface area contributed by atoms with Crippen LogP contribution in [0.25, 0.3) is 0 Å². The molecule has 7 heteroatoms. The number of carboxylic acid groups (broad SMARTS) is 1. The molecule has 0 bridgehead atoms. The Bertz CT molecular complexity index is 673. The van der Waals surface area contributed by atoms with Crippen molar-refractivity contribution >= 4 is 23.2 Å². The molecular weight excluding hydrogens is 340 g/mol. The van der Waals surface area contributed by atoms with Gasteiger partial charge in [-0.3, -0.25) is 4.79 Å². The van der Waals surface area contributed by atoms with E-state index < -0.39 is 11.6 Å². The van der Waals surface area contributed by atoms with E-state index in [1.165, 1.54) is 11.3 Å². The Hall–Kier alpha value is -1.44. The molecule has 25 heavy (non-hydrogen) atoms. The van der Waals surface area contributed by atoms with Crippen molar-refractivity contribution in [1.29, 1.82) is 0 Å². The van der Waals surface area contributed by atoms with E-state index >= 15 is 0 Å². The van der Waals surface area contributed by atoms with Crippen molar-refractivity contribution in [3.8, 4) is 0 Å². The summed E-state index contributed by atoms with van der Waals surface area (Å²) in [6.45, 7) is 2.91. The Labute approximate surface area is 151 Å². The average molecular weight is 364 g/mol. The fourth-order valence-electron chi connectivity index (χ4n) is 4.27. The molecule has 1 aromatic rings. The average Bonchev–Trinajstić information content (AvgIpc) is 3.09. The van der Waals surface area contributed by atoms with Crippen LogP contribution in [0.4, 0.5) is 0 Å². The molecule has 0 unspecified atom stereocenters. The van der Waals surface area contributed by atoms with Crippen LogP contribution >= 0.6 is 11.3 Å². The number of hydrogen-bond acceptors (Lipinski definition) is 5. The van der Waals surface area contributed by atoms with Crippen LogP contribution < -0.4 is 5.32 Å². The lowest BCUT2D eigenvalue weighted by molar-refractivity contribution is -0.142. The number of ether oxygens (including phenoxy) is 1. The molecule has 2 saturated heterocycles. The smallest absolute Gasteiger partial charge is 0.345 e. The van der Waals surface area contributed by atoms with E-state index in [9.17, 15) is 14.7 Å². The summed E-state index contributed by atoms with van der Waals surface area (Å²) in [7, 11) is 0. The number of nitrogens with one attached hydrogen (secondary N) is 1. The van der Waals surface area contributed by atoms with Gasteiger partial charge in [-0.25, -0.2) is 4.79 Å². The number of thiophene rings is 1. The van der Waals surface area contributed by atoms with Crippen molar-refractivity contribution in [1.82, 2.24) is 10.2 Å². The van der Waals surface area contributed by atoms with Gasteiger partial charge in [0.2, 0.25) is 5.91 Å². The van der Waals surface area contributed by atoms with Crippen LogP contribution in [0, 0.1) is 0 Å². The van der Waals surface area contributed by atoms with E-state index in [0.717, 1.165) is 55.5 Å². The molecule has 4 rings (SSSR count). The van der Waals surface area contributed by atoms with Gasteiger partial charge >= 0.3 is 5.97 Å². The summed E-state index contributed by atoms with van der Waals surface area (Å²) in [6, 6.07) is 1.77. The second-order valence-corrected chi connectivity index (χ2v) is 8.24. The van der Waals surface area contributed by atoms with Crippen LogP contribution in [0.15, 0.2) is 6.07 Å². The maximum absolute atomic E-state index is 12.7. The zero-order valence-electron chi connectivity index (χ0n) is 14.3. The molecule has 0 saturated carbocycles. The molecule has 0 radical (unpaired) electrons.